The molecule has 1 aromatic heterocycles. The third-order valence-corrected chi connectivity index (χ3v) is 6.15. The summed E-state index contributed by atoms with van der Waals surface area (Å²) in [7, 11) is 0. The van der Waals surface area contributed by atoms with Crippen molar-refractivity contribution in [3.05, 3.63) is 60.4 Å². The highest BCUT2D eigenvalue weighted by molar-refractivity contribution is 7.96. The van der Waals surface area contributed by atoms with Gasteiger partial charge in [0, 0.05) is 42.6 Å². The average molecular weight is 380 g/mol. The summed E-state index contributed by atoms with van der Waals surface area (Å²) >= 11 is 1.83. The molecule has 0 atom stereocenters. The molecular formula is C22H25N3OS. The van der Waals surface area contributed by atoms with E-state index in [4.69, 9.17) is 0 Å². The number of benzene rings is 2. The topological polar surface area (TPSA) is 48.4 Å². The number of hydrogen-bond acceptors (Lipinski definition) is 5. The van der Waals surface area contributed by atoms with Gasteiger partial charge in [0.1, 0.15) is 0 Å². The van der Waals surface area contributed by atoms with Crippen molar-refractivity contribution in [2.45, 2.75) is 25.5 Å². The summed E-state index contributed by atoms with van der Waals surface area (Å²) in [4.78, 5) is 4.34. The lowest BCUT2D eigenvalue weighted by atomic mass is 9.98. The van der Waals surface area contributed by atoms with Crippen molar-refractivity contribution in [3.8, 4) is 11.1 Å². The van der Waals surface area contributed by atoms with E-state index >= 15 is 0 Å². The van der Waals surface area contributed by atoms with Crippen LogP contribution in [0.15, 0.2) is 54.9 Å². The largest absolute Gasteiger partial charge is 0.392 e. The molecule has 0 saturated carbocycles. The van der Waals surface area contributed by atoms with Gasteiger partial charge in [0.05, 0.1) is 6.61 Å². The number of aliphatic hydroxyl groups excluding tert-OH is 1. The Bertz CT molecular complexity index is 922. The number of nitrogens with one attached hydrogen (secondary N) is 1. The van der Waals surface area contributed by atoms with Crippen LogP contribution in [0, 0.1) is 0 Å². The molecule has 1 aliphatic heterocycles. The number of aliphatic hydroxyl groups is 1. The lowest BCUT2D eigenvalue weighted by molar-refractivity contribution is 0.282. The second kappa shape index (κ2) is 8.30. The molecule has 0 radical (unpaired) electrons. The first-order chi connectivity index (χ1) is 13.3. The molecular weight excluding hydrogens is 354 g/mol. The van der Waals surface area contributed by atoms with Gasteiger partial charge >= 0.3 is 0 Å². The molecule has 2 heterocycles. The molecule has 2 aromatic carbocycles. The molecule has 4 rings (SSSR count). The Balaban J connectivity index is 1.68. The maximum absolute atomic E-state index is 9.47. The normalized spacial score (nSPS) is 15.9. The van der Waals surface area contributed by atoms with Crippen molar-refractivity contribution in [1.82, 2.24) is 9.29 Å². The van der Waals surface area contributed by atoms with Gasteiger partial charge in [-0.3, -0.25) is 9.29 Å². The van der Waals surface area contributed by atoms with Crippen molar-refractivity contribution in [1.29, 1.82) is 0 Å². The molecule has 140 valence electrons. The van der Waals surface area contributed by atoms with Crippen LogP contribution in [0.3, 0.4) is 0 Å². The number of anilines is 1. The average Bonchev–Trinajstić information content (AvgIpc) is 2.74. The van der Waals surface area contributed by atoms with E-state index in [0.717, 1.165) is 53.7 Å². The van der Waals surface area contributed by atoms with Gasteiger partial charge in [-0.2, -0.15) is 0 Å². The van der Waals surface area contributed by atoms with Crippen molar-refractivity contribution >= 4 is 28.4 Å². The Morgan fingerprint density at radius 3 is 2.78 bits per heavy atom. The van der Waals surface area contributed by atoms with E-state index in [1.165, 1.54) is 5.39 Å². The zero-order valence-corrected chi connectivity index (χ0v) is 16.4. The van der Waals surface area contributed by atoms with Gasteiger partial charge in [0.25, 0.3) is 0 Å². The molecule has 5 heteroatoms. The van der Waals surface area contributed by atoms with Gasteiger partial charge in [-0.1, -0.05) is 30.1 Å². The Morgan fingerprint density at radius 1 is 1.15 bits per heavy atom. The summed E-state index contributed by atoms with van der Waals surface area (Å²) in [6, 6.07) is 15.1. The molecule has 2 N–H and O–H groups in total. The first-order valence-electron chi connectivity index (χ1n) is 9.40. The van der Waals surface area contributed by atoms with Crippen LogP contribution in [0.1, 0.15) is 18.4 Å². The number of fused-ring (bicyclic) bond motifs is 1. The van der Waals surface area contributed by atoms with E-state index < -0.39 is 0 Å². The maximum Gasteiger partial charge on any atom is 0.0682 e. The predicted octanol–water partition coefficient (Wildman–Crippen LogP) is 4.55. The zero-order valence-electron chi connectivity index (χ0n) is 15.6. The molecule has 1 aliphatic rings. The quantitative estimate of drug-likeness (QED) is 0.637. The predicted molar refractivity (Wildman–Crippen MR) is 115 cm³/mol. The third kappa shape index (κ3) is 4.10. The Morgan fingerprint density at radius 2 is 2.00 bits per heavy atom. The number of rotatable bonds is 5. The van der Waals surface area contributed by atoms with Gasteiger partial charge in [0.2, 0.25) is 0 Å². The van der Waals surface area contributed by atoms with Gasteiger partial charge in [0.15, 0.2) is 0 Å². The molecule has 27 heavy (non-hydrogen) atoms. The first-order valence-corrected chi connectivity index (χ1v) is 10.6. The summed E-state index contributed by atoms with van der Waals surface area (Å²) in [5.74, 6) is 0. The van der Waals surface area contributed by atoms with E-state index in [-0.39, 0.29) is 6.61 Å². The molecule has 0 bridgehead atoms. The van der Waals surface area contributed by atoms with Crippen LogP contribution in [0.2, 0.25) is 0 Å². The molecule has 4 nitrogen and oxygen atoms in total. The van der Waals surface area contributed by atoms with E-state index in [2.05, 4.69) is 51.2 Å². The number of hydrogen-bond donors (Lipinski definition) is 2. The van der Waals surface area contributed by atoms with Gasteiger partial charge in [-0.05, 0) is 65.4 Å². The highest BCUT2D eigenvalue weighted by atomic mass is 32.2. The number of pyridine rings is 1. The fourth-order valence-corrected chi connectivity index (χ4v) is 4.31. The van der Waals surface area contributed by atoms with Crippen LogP contribution < -0.4 is 5.32 Å². The minimum absolute atomic E-state index is 0.0600. The van der Waals surface area contributed by atoms with Crippen molar-refractivity contribution in [2.24, 2.45) is 0 Å². The van der Waals surface area contributed by atoms with Crippen LogP contribution in [-0.2, 0) is 6.61 Å². The molecule has 3 aromatic rings. The number of nitrogens with zero attached hydrogens (tertiary/aromatic N) is 2. The molecule has 0 aliphatic carbocycles. The lowest BCUT2D eigenvalue weighted by Gasteiger charge is -2.31. The standard InChI is InChI=1S/C22H25N3OS/c1-27-25-9-6-20(7-10-25)24-22-13-19(12-18-5-8-23-14-21(18)22)17-4-2-3-16(11-17)15-26/h2-5,8,11-14,20,24,26H,6-7,9-10,15H2,1H3. The van der Waals surface area contributed by atoms with Crippen LogP contribution in [0.4, 0.5) is 5.69 Å². The van der Waals surface area contributed by atoms with Gasteiger partial charge in [-0.25, -0.2) is 0 Å². The van der Waals surface area contributed by atoms with Gasteiger partial charge in [-0.15, -0.1) is 0 Å². The highest BCUT2D eigenvalue weighted by Crippen LogP contribution is 2.32. The van der Waals surface area contributed by atoms with E-state index in [0.29, 0.717) is 6.04 Å². The van der Waals surface area contributed by atoms with Crippen molar-refractivity contribution in [3.63, 3.8) is 0 Å². The van der Waals surface area contributed by atoms with E-state index in [1.54, 1.807) is 0 Å². The molecule has 0 spiro atoms. The maximum atomic E-state index is 9.47. The fourth-order valence-electron chi connectivity index (χ4n) is 3.74. The van der Waals surface area contributed by atoms with Crippen molar-refractivity contribution in [2.75, 3.05) is 24.7 Å². The monoisotopic (exact) mass is 379 g/mol. The van der Waals surface area contributed by atoms with Crippen LogP contribution in [0.25, 0.3) is 21.9 Å². The second-order valence-electron chi connectivity index (χ2n) is 7.01. The number of aromatic nitrogens is 1. The SMILES string of the molecule is CSN1CCC(Nc2cc(-c3cccc(CO)c3)cc3ccncc23)CC1. The van der Waals surface area contributed by atoms with Crippen LogP contribution >= 0.6 is 11.9 Å². The zero-order chi connectivity index (χ0) is 18.6. The van der Waals surface area contributed by atoms with Gasteiger partial charge < -0.3 is 10.4 Å². The van der Waals surface area contributed by atoms with Crippen LogP contribution in [-0.4, -0.2) is 39.8 Å². The fraction of sp³-hybridized carbons (Fsp3) is 0.318. The van der Waals surface area contributed by atoms with E-state index in [9.17, 15) is 5.11 Å². The molecule has 1 saturated heterocycles. The third-order valence-electron chi connectivity index (χ3n) is 5.27. The highest BCUT2D eigenvalue weighted by Gasteiger charge is 2.19. The minimum atomic E-state index is 0.0600. The second-order valence-corrected chi connectivity index (χ2v) is 7.89. The van der Waals surface area contributed by atoms with E-state index in [1.807, 2.05) is 36.5 Å². The Hall–Kier alpha value is -2.08. The summed E-state index contributed by atoms with van der Waals surface area (Å²) < 4.78 is 2.43. The molecule has 0 amide bonds. The first kappa shape index (κ1) is 18.3. The smallest absolute Gasteiger partial charge is 0.0682 e. The van der Waals surface area contributed by atoms with Crippen LogP contribution in [0.5, 0.6) is 0 Å². The Labute approximate surface area is 164 Å². The summed E-state index contributed by atoms with van der Waals surface area (Å²) in [6.45, 7) is 2.30. The number of piperidine rings is 1. The summed E-state index contributed by atoms with van der Waals surface area (Å²) in [5, 5.41) is 15.6. The summed E-state index contributed by atoms with van der Waals surface area (Å²) in [5.41, 5.74) is 4.36. The Kier molecular flexibility index (Phi) is 5.62. The lowest BCUT2D eigenvalue weighted by Crippen LogP contribution is -2.35. The minimum Gasteiger partial charge on any atom is -0.392 e. The van der Waals surface area contributed by atoms with Crippen molar-refractivity contribution < 1.29 is 5.11 Å². The summed E-state index contributed by atoms with van der Waals surface area (Å²) in [6.07, 6.45) is 8.23. The molecule has 1 fully saturated rings. The molecule has 0 unspecified atom stereocenters.